The summed E-state index contributed by atoms with van der Waals surface area (Å²) in [6.45, 7) is 0.743. The fourth-order valence-electron chi connectivity index (χ4n) is 1.57. The van der Waals surface area contributed by atoms with Gasteiger partial charge in [0.05, 0.1) is 11.0 Å². The monoisotopic (exact) mass is 356 g/mol. The average molecular weight is 356 g/mol. The summed E-state index contributed by atoms with van der Waals surface area (Å²) in [5.41, 5.74) is 3.21. The van der Waals surface area contributed by atoms with Crippen LogP contribution in [0.4, 0.5) is 5.95 Å². The third kappa shape index (κ3) is 2.42. The number of anilines is 1. The van der Waals surface area contributed by atoms with E-state index in [1.165, 1.54) is 20.7 Å². The average Bonchev–Trinajstić information content (AvgIpc) is 2.94. The molecule has 0 radical (unpaired) electrons. The molecule has 0 aliphatic rings. The minimum Gasteiger partial charge on any atom is -0.352 e. The first-order chi connectivity index (χ1) is 8.31. The molecule has 0 spiro atoms. The maximum Gasteiger partial charge on any atom is 0.201 e. The first-order valence-corrected chi connectivity index (χ1v) is 7.00. The largest absolute Gasteiger partial charge is 0.352 e. The van der Waals surface area contributed by atoms with Gasteiger partial charge >= 0.3 is 0 Å². The van der Waals surface area contributed by atoms with E-state index in [4.69, 9.17) is 0 Å². The number of imidazole rings is 1. The van der Waals surface area contributed by atoms with E-state index in [1.54, 1.807) is 0 Å². The highest BCUT2D eigenvalue weighted by Gasteiger charge is 2.02. The minimum atomic E-state index is 0.743. The second-order valence-corrected chi connectivity index (χ2v) is 5.54. The molecule has 1 aromatic carbocycles. The van der Waals surface area contributed by atoms with Gasteiger partial charge in [0.1, 0.15) is 0 Å². The predicted octanol–water partition coefficient (Wildman–Crippen LogP) is 3.24. The molecule has 2 N–H and O–H groups in total. The Bertz CT molecular complexity index is 632. The SMILES string of the molecule is Ic1ccc2nc(NCc3cnsc3)[nH]c2c1. The number of aromatic nitrogens is 3. The molecule has 86 valence electrons. The van der Waals surface area contributed by atoms with Gasteiger partial charge in [-0.25, -0.2) is 9.36 Å². The van der Waals surface area contributed by atoms with Gasteiger partial charge in [-0.15, -0.1) is 0 Å². The molecule has 3 rings (SSSR count). The van der Waals surface area contributed by atoms with Crippen LogP contribution in [-0.2, 0) is 6.54 Å². The maximum absolute atomic E-state index is 4.47. The lowest BCUT2D eigenvalue weighted by atomic mass is 10.3. The summed E-state index contributed by atoms with van der Waals surface area (Å²) >= 11 is 3.75. The van der Waals surface area contributed by atoms with Gasteiger partial charge in [-0.1, -0.05) is 0 Å². The molecular formula is C11H9IN4S. The lowest BCUT2D eigenvalue weighted by Crippen LogP contribution is -1.99. The van der Waals surface area contributed by atoms with Crippen LogP contribution >= 0.6 is 34.1 Å². The van der Waals surface area contributed by atoms with E-state index < -0.39 is 0 Å². The van der Waals surface area contributed by atoms with Crippen LogP contribution in [0.15, 0.2) is 29.8 Å². The van der Waals surface area contributed by atoms with Crippen LogP contribution in [0.1, 0.15) is 5.56 Å². The maximum atomic E-state index is 4.47. The van der Waals surface area contributed by atoms with Gasteiger partial charge < -0.3 is 10.3 Å². The summed E-state index contributed by atoms with van der Waals surface area (Å²) in [6.07, 6.45) is 1.86. The van der Waals surface area contributed by atoms with Crippen molar-refractivity contribution in [3.8, 4) is 0 Å². The van der Waals surface area contributed by atoms with E-state index in [-0.39, 0.29) is 0 Å². The number of hydrogen-bond acceptors (Lipinski definition) is 4. The lowest BCUT2D eigenvalue weighted by Gasteiger charge is -1.98. The van der Waals surface area contributed by atoms with Crippen LogP contribution < -0.4 is 5.32 Å². The molecule has 0 atom stereocenters. The fraction of sp³-hybridized carbons (Fsp3) is 0.0909. The van der Waals surface area contributed by atoms with Gasteiger partial charge in [0.2, 0.25) is 5.95 Å². The number of halogens is 1. The van der Waals surface area contributed by atoms with Gasteiger partial charge in [-0.05, 0) is 52.3 Å². The normalized spacial score (nSPS) is 10.9. The van der Waals surface area contributed by atoms with Crippen LogP contribution in [0.5, 0.6) is 0 Å². The Morgan fingerprint density at radius 3 is 3.18 bits per heavy atom. The van der Waals surface area contributed by atoms with Gasteiger partial charge in [-0.3, -0.25) is 0 Å². The lowest BCUT2D eigenvalue weighted by molar-refractivity contribution is 1.10. The van der Waals surface area contributed by atoms with Gasteiger partial charge in [0, 0.05) is 27.3 Å². The number of fused-ring (bicyclic) bond motifs is 1. The van der Waals surface area contributed by atoms with E-state index >= 15 is 0 Å². The fourth-order valence-corrected chi connectivity index (χ4v) is 2.59. The molecule has 0 saturated carbocycles. The standard InChI is InChI=1S/C11H9IN4S/c12-8-1-2-9-10(3-8)16-11(15-9)13-4-7-5-14-17-6-7/h1-3,5-6H,4H2,(H2,13,15,16). The molecule has 2 aromatic heterocycles. The summed E-state index contributed by atoms with van der Waals surface area (Å²) < 4.78 is 5.26. The van der Waals surface area contributed by atoms with Crippen molar-refractivity contribution >= 4 is 51.1 Å². The topological polar surface area (TPSA) is 53.6 Å². The zero-order valence-electron chi connectivity index (χ0n) is 8.77. The predicted molar refractivity (Wildman–Crippen MR) is 78.3 cm³/mol. The van der Waals surface area contributed by atoms with Crippen LogP contribution in [0, 0.1) is 3.57 Å². The molecular weight excluding hydrogens is 347 g/mol. The Balaban J connectivity index is 1.81. The van der Waals surface area contributed by atoms with Gasteiger partial charge in [0.15, 0.2) is 0 Å². The van der Waals surface area contributed by atoms with Crippen molar-refractivity contribution in [3.05, 3.63) is 38.9 Å². The van der Waals surface area contributed by atoms with E-state index in [9.17, 15) is 0 Å². The highest BCUT2D eigenvalue weighted by atomic mass is 127. The first kappa shape index (κ1) is 11.0. The summed E-state index contributed by atoms with van der Waals surface area (Å²) in [5.74, 6) is 0.799. The number of rotatable bonds is 3. The summed E-state index contributed by atoms with van der Waals surface area (Å²) in [5, 5.41) is 5.28. The third-order valence-corrected chi connectivity index (χ3v) is 3.69. The van der Waals surface area contributed by atoms with Crippen LogP contribution in [0.2, 0.25) is 0 Å². The van der Waals surface area contributed by atoms with E-state index in [2.05, 4.69) is 54.4 Å². The quantitative estimate of drug-likeness (QED) is 0.709. The third-order valence-electron chi connectivity index (χ3n) is 2.39. The summed E-state index contributed by atoms with van der Waals surface area (Å²) in [7, 11) is 0. The molecule has 0 amide bonds. The molecule has 0 bridgehead atoms. The van der Waals surface area contributed by atoms with Gasteiger partial charge in [0.25, 0.3) is 0 Å². The van der Waals surface area contributed by atoms with Crippen molar-refractivity contribution < 1.29 is 0 Å². The number of H-pyrrole nitrogens is 1. The van der Waals surface area contributed by atoms with Crippen molar-refractivity contribution in [1.82, 2.24) is 14.3 Å². The Morgan fingerprint density at radius 1 is 1.41 bits per heavy atom. The zero-order valence-corrected chi connectivity index (χ0v) is 11.7. The summed E-state index contributed by atoms with van der Waals surface area (Å²) in [6, 6.07) is 6.15. The number of nitrogens with zero attached hydrogens (tertiary/aromatic N) is 2. The molecule has 0 unspecified atom stereocenters. The van der Waals surface area contributed by atoms with Crippen LogP contribution in [-0.4, -0.2) is 14.3 Å². The molecule has 17 heavy (non-hydrogen) atoms. The first-order valence-electron chi connectivity index (χ1n) is 5.09. The van der Waals surface area contributed by atoms with Crippen molar-refractivity contribution in [2.45, 2.75) is 6.54 Å². The molecule has 0 saturated heterocycles. The number of aromatic amines is 1. The highest BCUT2D eigenvalue weighted by molar-refractivity contribution is 14.1. The molecule has 0 aliphatic heterocycles. The molecule has 0 fully saturated rings. The van der Waals surface area contributed by atoms with Crippen molar-refractivity contribution in [1.29, 1.82) is 0 Å². The molecule has 0 aliphatic carbocycles. The van der Waals surface area contributed by atoms with Crippen molar-refractivity contribution in [2.75, 3.05) is 5.32 Å². The second kappa shape index (κ2) is 4.61. The smallest absolute Gasteiger partial charge is 0.201 e. The number of nitrogens with one attached hydrogen (secondary N) is 2. The van der Waals surface area contributed by atoms with E-state index in [0.717, 1.165) is 23.5 Å². The van der Waals surface area contributed by atoms with Crippen molar-refractivity contribution in [3.63, 3.8) is 0 Å². The van der Waals surface area contributed by atoms with E-state index in [1.807, 2.05) is 17.6 Å². The second-order valence-electron chi connectivity index (χ2n) is 3.63. The summed E-state index contributed by atoms with van der Waals surface area (Å²) in [4.78, 5) is 7.72. The van der Waals surface area contributed by atoms with Crippen LogP contribution in [0.25, 0.3) is 11.0 Å². The molecule has 6 heteroatoms. The Hall–Kier alpha value is -1.15. The molecule has 4 nitrogen and oxygen atoms in total. The minimum absolute atomic E-state index is 0.743. The van der Waals surface area contributed by atoms with Crippen LogP contribution in [0.3, 0.4) is 0 Å². The molecule has 2 heterocycles. The van der Waals surface area contributed by atoms with Crippen molar-refractivity contribution in [2.24, 2.45) is 0 Å². The molecule has 3 aromatic rings. The Labute approximate surface area is 116 Å². The van der Waals surface area contributed by atoms with Gasteiger partial charge in [-0.2, -0.15) is 0 Å². The number of benzene rings is 1. The number of hydrogen-bond donors (Lipinski definition) is 2. The Kier molecular flexibility index (Phi) is 2.98. The Morgan fingerprint density at radius 2 is 2.35 bits per heavy atom. The van der Waals surface area contributed by atoms with E-state index in [0.29, 0.717) is 0 Å². The zero-order chi connectivity index (χ0) is 11.7. The highest BCUT2D eigenvalue weighted by Crippen LogP contribution is 2.17.